The molecule has 1 aromatic carbocycles. The number of hydrogen-bond donors (Lipinski definition) is 0. The fourth-order valence-corrected chi connectivity index (χ4v) is 2.81. The Bertz CT molecular complexity index is 837. The highest BCUT2D eigenvalue weighted by Gasteiger charge is 2.11. The second kappa shape index (κ2) is 6.76. The van der Waals surface area contributed by atoms with Crippen LogP contribution in [0.25, 0.3) is 10.6 Å². The number of carbonyl (C=O) groups is 1. The lowest BCUT2D eigenvalue weighted by Gasteiger charge is -2.08. The Morgan fingerprint density at radius 1 is 1.22 bits per heavy atom. The molecule has 0 atom stereocenters. The number of halogens is 1. The van der Waals surface area contributed by atoms with Crippen LogP contribution in [0, 0.1) is 0 Å². The van der Waals surface area contributed by atoms with Gasteiger partial charge in [0.2, 0.25) is 5.88 Å². The van der Waals surface area contributed by atoms with E-state index in [0.717, 1.165) is 10.6 Å². The lowest BCUT2D eigenvalue weighted by Crippen LogP contribution is -2.01. The highest BCUT2D eigenvalue weighted by atomic mass is 35.5. The van der Waals surface area contributed by atoms with E-state index in [1.807, 2.05) is 17.5 Å². The van der Waals surface area contributed by atoms with Crippen molar-refractivity contribution in [2.75, 3.05) is 7.11 Å². The molecule has 0 saturated heterocycles. The third-order valence-corrected chi connectivity index (χ3v) is 4.17. The van der Waals surface area contributed by atoms with Crippen LogP contribution < -0.4 is 4.74 Å². The van der Waals surface area contributed by atoms with E-state index in [0.29, 0.717) is 22.2 Å². The molecule has 2 aromatic heterocycles. The largest absolute Gasteiger partial charge is 0.465 e. The summed E-state index contributed by atoms with van der Waals surface area (Å²) < 4.78 is 10.3. The summed E-state index contributed by atoms with van der Waals surface area (Å²) in [6.07, 6.45) is 1.43. The summed E-state index contributed by atoms with van der Waals surface area (Å²) >= 11 is 7.72. The molecular weight excluding hydrogens is 336 g/mol. The number of aromatic nitrogens is 2. The van der Waals surface area contributed by atoms with Crippen LogP contribution in [0.15, 0.2) is 48.1 Å². The molecule has 0 aliphatic heterocycles. The van der Waals surface area contributed by atoms with Crippen LogP contribution in [0.1, 0.15) is 10.4 Å². The molecule has 7 heteroatoms. The first-order chi connectivity index (χ1) is 11.2. The number of thiophene rings is 1. The zero-order valence-corrected chi connectivity index (χ0v) is 13.6. The smallest absolute Gasteiger partial charge is 0.337 e. The summed E-state index contributed by atoms with van der Waals surface area (Å²) in [5.74, 6) is 0.312. The van der Waals surface area contributed by atoms with E-state index in [4.69, 9.17) is 16.3 Å². The zero-order chi connectivity index (χ0) is 16.2. The second-order valence-electron chi connectivity index (χ2n) is 4.46. The summed E-state index contributed by atoms with van der Waals surface area (Å²) in [5, 5.41) is 2.27. The van der Waals surface area contributed by atoms with E-state index in [2.05, 4.69) is 14.7 Å². The normalized spacial score (nSPS) is 10.3. The maximum absolute atomic E-state index is 11.5. The average Bonchev–Trinajstić information content (AvgIpc) is 3.11. The second-order valence-corrected chi connectivity index (χ2v) is 5.81. The third-order valence-electron chi connectivity index (χ3n) is 2.98. The van der Waals surface area contributed by atoms with E-state index in [1.54, 1.807) is 29.5 Å². The van der Waals surface area contributed by atoms with Gasteiger partial charge in [0.05, 0.1) is 28.3 Å². The number of benzene rings is 1. The van der Waals surface area contributed by atoms with Gasteiger partial charge in [-0.3, -0.25) is 0 Å². The van der Waals surface area contributed by atoms with Crippen LogP contribution in [-0.4, -0.2) is 23.0 Å². The number of esters is 1. The quantitative estimate of drug-likeness (QED) is 0.654. The highest BCUT2D eigenvalue weighted by molar-refractivity contribution is 7.13. The molecule has 3 aromatic rings. The van der Waals surface area contributed by atoms with Crippen LogP contribution in [-0.2, 0) is 4.74 Å². The predicted octanol–water partition coefficient (Wildman–Crippen LogP) is 4.44. The van der Waals surface area contributed by atoms with Crippen LogP contribution in [0.2, 0.25) is 5.02 Å². The molecule has 0 unspecified atom stereocenters. The maximum Gasteiger partial charge on any atom is 0.337 e. The minimum atomic E-state index is -0.458. The number of rotatable bonds is 4. The molecule has 3 rings (SSSR count). The lowest BCUT2D eigenvalue weighted by atomic mass is 10.2. The predicted molar refractivity (Wildman–Crippen MR) is 88.2 cm³/mol. The Morgan fingerprint density at radius 3 is 2.78 bits per heavy atom. The van der Waals surface area contributed by atoms with Gasteiger partial charge < -0.3 is 9.47 Å². The van der Waals surface area contributed by atoms with Gasteiger partial charge in [0, 0.05) is 6.07 Å². The number of hydrogen-bond acceptors (Lipinski definition) is 6. The molecule has 2 heterocycles. The summed E-state index contributed by atoms with van der Waals surface area (Å²) in [5.41, 5.74) is 1.12. The van der Waals surface area contributed by atoms with Gasteiger partial charge in [0.15, 0.2) is 0 Å². The molecule has 0 amide bonds. The minimum Gasteiger partial charge on any atom is -0.465 e. The Labute approximate surface area is 141 Å². The Balaban J connectivity index is 1.85. The summed E-state index contributed by atoms with van der Waals surface area (Å²) in [6, 6.07) is 10.3. The molecule has 0 radical (unpaired) electrons. The maximum atomic E-state index is 11.5. The third kappa shape index (κ3) is 3.49. The molecular formula is C16H11ClN2O3S. The molecule has 23 heavy (non-hydrogen) atoms. The Morgan fingerprint density at radius 2 is 2.09 bits per heavy atom. The molecule has 0 bridgehead atoms. The van der Waals surface area contributed by atoms with E-state index in [-0.39, 0.29) is 0 Å². The lowest BCUT2D eigenvalue weighted by molar-refractivity contribution is 0.0600. The zero-order valence-electron chi connectivity index (χ0n) is 12.0. The average molecular weight is 347 g/mol. The van der Waals surface area contributed by atoms with Gasteiger partial charge in [0.25, 0.3) is 0 Å². The molecule has 5 nitrogen and oxygen atoms in total. The number of carbonyl (C=O) groups excluding carboxylic acids is 1. The van der Waals surface area contributed by atoms with Crippen molar-refractivity contribution in [1.82, 2.24) is 9.97 Å². The first-order valence-electron chi connectivity index (χ1n) is 6.59. The molecule has 0 fully saturated rings. The van der Waals surface area contributed by atoms with Crippen molar-refractivity contribution in [2.45, 2.75) is 0 Å². The van der Waals surface area contributed by atoms with Gasteiger partial charge in [-0.05, 0) is 29.6 Å². The van der Waals surface area contributed by atoms with Gasteiger partial charge in [-0.25, -0.2) is 14.8 Å². The molecule has 0 spiro atoms. The molecule has 0 N–H and O–H groups in total. The van der Waals surface area contributed by atoms with Crippen LogP contribution >= 0.6 is 22.9 Å². The van der Waals surface area contributed by atoms with E-state index < -0.39 is 5.97 Å². The van der Waals surface area contributed by atoms with Gasteiger partial charge in [0.1, 0.15) is 12.1 Å². The first kappa shape index (κ1) is 15.5. The first-order valence-corrected chi connectivity index (χ1v) is 7.85. The SMILES string of the molecule is COC(=O)c1ccc(Oc2cc(-c3cccs3)ncn2)c(Cl)c1. The minimum absolute atomic E-state index is 0.296. The Hall–Kier alpha value is -2.44. The topological polar surface area (TPSA) is 61.3 Å². The van der Waals surface area contributed by atoms with Gasteiger partial charge in [-0.2, -0.15) is 0 Å². The van der Waals surface area contributed by atoms with Gasteiger partial charge in [-0.1, -0.05) is 17.7 Å². The Kier molecular flexibility index (Phi) is 4.55. The molecule has 0 aliphatic rings. The van der Waals surface area contributed by atoms with Crippen molar-refractivity contribution in [3.63, 3.8) is 0 Å². The van der Waals surface area contributed by atoms with Crippen molar-refractivity contribution < 1.29 is 14.3 Å². The van der Waals surface area contributed by atoms with E-state index in [9.17, 15) is 4.79 Å². The van der Waals surface area contributed by atoms with Gasteiger partial charge in [-0.15, -0.1) is 11.3 Å². The highest BCUT2D eigenvalue weighted by Crippen LogP contribution is 2.31. The number of ether oxygens (including phenoxy) is 2. The fourth-order valence-electron chi connectivity index (χ4n) is 1.90. The standard InChI is InChI=1S/C16H11ClN2O3S/c1-21-16(20)10-4-5-13(11(17)7-10)22-15-8-12(18-9-19-15)14-3-2-6-23-14/h2-9H,1H3. The van der Waals surface area contributed by atoms with Crippen LogP contribution in [0.3, 0.4) is 0 Å². The number of nitrogens with zero attached hydrogens (tertiary/aromatic N) is 2. The molecule has 0 saturated carbocycles. The van der Waals surface area contributed by atoms with Gasteiger partial charge >= 0.3 is 5.97 Å². The summed E-state index contributed by atoms with van der Waals surface area (Å²) in [7, 11) is 1.31. The van der Waals surface area contributed by atoms with Crippen molar-refractivity contribution in [3.05, 3.63) is 58.7 Å². The summed E-state index contributed by atoms with van der Waals surface area (Å²) in [4.78, 5) is 20.8. The van der Waals surface area contributed by atoms with Crippen LogP contribution in [0.4, 0.5) is 0 Å². The summed E-state index contributed by atoms with van der Waals surface area (Å²) in [6.45, 7) is 0. The molecule has 116 valence electrons. The van der Waals surface area contributed by atoms with Crippen molar-refractivity contribution in [2.24, 2.45) is 0 Å². The van der Waals surface area contributed by atoms with Crippen LogP contribution in [0.5, 0.6) is 11.6 Å². The van der Waals surface area contributed by atoms with E-state index >= 15 is 0 Å². The number of methoxy groups -OCH3 is 1. The van der Waals surface area contributed by atoms with Crippen molar-refractivity contribution in [1.29, 1.82) is 0 Å². The fraction of sp³-hybridized carbons (Fsp3) is 0.0625. The molecule has 0 aliphatic carbocycles. The van der Waals surface area contributed by atoms with E-state index in [1.165, 1.54) is 19.5 Å². The van der Waals surface area contributed by atoms with Crippen molar-refractivity contribution >= 4 is 28.9 Å². The van der Waals surface area contributed by atoms with Crippen molar-refractivity contribution in [3.8, 4) is 22.2 Å². The monoisotopic (exact) mass is 346 g/mol.